The molecule has 4 heterocycles. The average Bonchev–Trinajstić information content (AvgIpc) is 3.40. The first kappa shape index (κ1) is 15.0. The Morgan fingerprint density at radius 2 is 1.77 bits per heavy atom. The van der Waals surface area contributed by atoms with Crippen LogP contribution in [0.25, 0.3) is 33.3 Å². The van der Waals surface area contributed by atoms with Gasteiger partial charge in [-0.3, -0.25) is 10.2 Å². The molecule has 1 aliphatic rings. The molecule has 26 heavy (non-hydrogen) atoms. The van der Waals surface area contributed by atoms with Gasteiger partial charge < -0.3 is 10.2 Å². The largest absolute Gasteiger partial charge is 0.353 e. The van der Waals surface area contributed by atoms with Crippen molar-refractivity contribution in [2.45, 2.75) is 0 Å². The monoisotopic (exact) mass is 346 g/mol. The minimum Gasteiger partial charge on any atom is -0.353 e. The minimum atomic E-state index is 0.830. The van der Waals surface area contributed by atoms with E-state index in [9.17, 15) is 0 Å². The van der Waals surface area contributed by atoms with E-state index in [2.05, 4.69) is 52.9 Å². The lowest BCUT2D eigenvalue weighted by atomic mass is 10.0. The first-order valence-corrected chi connectivity index (χ1v) is 8.65. The fraction of sp³-hybridized carbons (Fsp3) is 0.222. The summed E-state index contributed by atoms with van der Waals surface area (Å²) < 4.78 is 0. The van der Waals surface area contributed by atoms with Crippen molar-refractivity contribution in [3.05, 3.63) is 42.9 Å². The van der Waals surface area contributed by atoms with E-state index in [0.29, 0.717) is 0 Å². The van der Waals surface area contributed by atoms with Crippen LogP contribution in [0.2, 0.25) is 0 Å². The van der Waals surface area contributed by atoms with Crippen LogP contribution >= 0.6 is 0 Å². The zero-order chi connectivity index (χ0) is 17.3. The van der Waals surface area contributed by atoms with Crippen LogP contribution in [0.3, 0.4) is 0 Å². The number of aromatic amines is 2. The van der Waals surface area contributed by atoms with Gasteiger partial charge in [0.1, 0.15) is 0 Å². The Labute approximate surface area is 149 Å². The zero-order valence-electron chi connectivity index (χ0n) is 14.1. The number of anilines is 1. The summed E-state index contributed by atoms with van der Waals surface area (Å²) in [7, 11) is 0. The number of nitrogens with one attached hydrogen (secondary N) is 3. The van der Waals surface area contributed by atoms with Crippen LogP contribution in [0.1, 0.15) is 0 Å². The molecule has 0 unspecified atom stereocenters. The molecule has 130 valence electrons. The van der Waals surface area contributed by atoms with Gasteiger partial charge in [-0.05, 0) is 23.8 Å². The molecule has 5 rings (SSSR count). The summed E-state index contributed by atoms with van der Waals surface area (Å²) in [5.74, 6) is 0.922. The van der Waals surface area contributed by atoms with E-state index in [1.54, 1.807) is 0 Å². The normalized spacial score (nSPS) is 14.8. The second-order valence-corrected chi connectivity index (χ2v) is 6.32. The van der Waals surface area contributed by atoms with Gasteiger partial charge in [-0.1, -0.05) is 6.07 Å². The van der Waals surface area contributed by atoms with Gasteiger partial charge in [-0.2, -0.15) is 10.2 Å². The lowest BCUT2D eigenvalue weighted by molar-refractivity contribution is 0.583. The number of benzene rings is 1. The highest BCUT2D eigenvalue weighted by molar-refractivity contribution is 6.01. The number of aromatic nitrogens is 6. The van der Waals surface area contributed by atoms with Gasteiger partial charge in [0.2, 0.25) is 0 Å². The molecule has 8 nitrogen and oxygen atoms in total. The molecule has 8 heteroatoms. The molecule has 0 aliphatic carbocycles. The molecular formula is C18H18N8. The van der Waals surface area contributed by atoms with Gasteiger partial charge in [-0.15, -0.1) is 10.2 Å². The predicted octanol–water partition coefficient (Wildman–Crippen LogP) is 1.82. The molecule has 3 aromatic heterocycles. The van der Waals surface area contributed by atoms with Crippen molar-refractivity contribution in [1.29, 1.82) is 0 Å². The van der Waals surface area contributed by atoms with Crippen molar-refractivity contribution >= 4 is 16.7 Å². The molecule has 1 aliphatic heterocycles. The fourth-order valence-corrected chi connectivity index (χ4v) is 3.43. The van der Waals surface area contributed by atoms with Crippen molar-refractivity contribution in [2.75, 3.05) is 31.1 Å². The Morgan fingerprint density at radius 3 is 2.54 bits per heavy atom. The number of hydrogen-bond acceptors (Lipinski definition) is 6. The van der Waals surface area contributed by atoms with Crippen molar-refractivity contribution in [3.63, 3.8) is 0 Å². The lowest BCUT2D eigenvalue weighted by Crippen LogP contribution is -2.43. The van der Waals surface area contributed by atoms with E-state index >= 15 is 0 Å². The van der Waals surface area contributed by atoms with Gasteiger partial charge >= 0.3 is 0 Å². The smallest absolute Gasteiger partial charge is 0.151 e. The number of piperazine rings is 1. The fourth-order valence-electron chi connectivity index (χ4n) is 3.43. The standard InChI is InChI=1S/C18H18N8/c1-2-14(16-3-4-17(24-23-16)26-7-5-19-6-8-26)18-15(11-22-25-18)13(1)12-9-20-21-10-12/h1-4,9-11,19H,5-8H2,(H,20,21)(H,22,25). The van der Waals surface area contributed by atoms with E-state index in [1.165, 1.54) is 0 Å². The number of rotatable bonds is 3. The van der Waals surface area contributed by atoms with Crippen LogP contribution in [0.5, 0.6) is 0 Å². The highest BCUT2D eigenvalue weighted by Crippen LogP contribution is 2.33. The van der Waals surface area contributed by atoms with Crippen molar-refractivity contribution in [1.82, 2.24) is 35.9 Å². The highest BCUT2D eigenvalue weighted by atomic mass is 15.3. The SMILES string of the molecule is c1n[nH]cc1-c1ccc(-c2ccc(N3CCNCC3)nn2)c2[nH]ncc12. The topological polar surface area (TPSA) is 98.4 Å². The highest BCUT2D eigenvalue weighted by Gasteiger charge is 2.15. The summed E-state index contributed by atoms with van der Waals surface area (Å²) in [6.45, 7) is 3.87. The second-order valence-electron chi connectivity index (χ2n) is 6.32. The van der Waals surface area contributed by atoms with Gasteiger partial charge in [0.25, 0.3) is 0 Å². The molecule has 4 aromatic rings. The summed E-state index contributed by atoms with van der Waals surface area (Å²) in [5, 5.41) is 27.5. The number of fused-ring (bicyclic) bond motifs is 1. The average molecular weight is 346 g/mol. The van der Waals surface area contributed by atoms with Crippen LogP contribution in [-0.2, 0) is 0 Å². The van der Waals surface area contributed by atoms with Gasteiger partial charge in [0.05, 0.1) is 23.6 Å². The van der Waals surface area contributed by atoms with Crippen LogP contribution in [0, 0.1) is 0 Å². The molecule has 0 bridgehead atoms. The Hall–Kier alpha value is -3.26. The summed E-state index contributed by atoms with van der Waals surface area (Å²) in [6, 6.07) is 8.19. The third kappa shape index (κ3) is 2.51. The van der Waals surface area contributed by atoms with Crippen LogP contribution in [0.15, 0.2) is 42.9 Å². The lowest BCUT2D eigenvalue weighted by Gasteiger charge is -2.27. The molecule has 0 amide bonds. The molecule has 1 fully saturated rings. The molecule has 0 spiro atoms. The maximum absolute atomic E-state index is 4.47. The van der Waals surface area contributed by atoms with Crippen LogP contribution in [0.4, 0.5) is 5.82 Å². The maximum atomic E-state index is 4.47. The predicted molar refractivity (Wildman–Crippen MR) is 99.8 cm³/mol. The van der Waals surface area contributed by atoms with E-state index in [0.717, 1.165) is 65.3 Å². The van der Waals surface area contributed by atoms with Crippen molar-refractivity contribution in [2.24, 2.45) is 0 Å². The summed E-state index contributed by atoms with van der Waals surface area (Å²) in [4.78, 5) is 2.25. The van der Waals surface area contributed by atoms with E-state index in [-0.39, 0.29) is 0 Å². The maximum Gasteiger partial charge on any atom is 0.151 e. The summed E-state index contributed by atoms with van der Waals surface area (Å²) in [5.41, 5.74) is 4.88. The van der Waals surface area contributed by atoms with Gasteiger partial charge in [0, 0.05) is 48.9 Å². The third-order valence-electron chi connectivity index (χ3n) is 4.79. The summed E-state index contributed by atoms with van der Waals surface area (Å²) in [6.07, 6.45) is 5.52. The molecule has 1 saturated heterocycles. The molecule has 0 saturated carbocycles. The van der Waals surface area contributed by atoms with Crippen molar-refractivity contribution in [3.8, 4) is 22.4 Å². The number of hydrogen-bond donors (Lipinski definition) is 3. The molecule has 3 N–H and O–H groups in total. The zero-order valence-corrected chi connectivity index (χ0v) is 14.1. The molecule has 1 aromatic carbocycles. The van der Waals surface area contributed by atoms with Crippen LogP contribution in [-0.4, -0.2) is 56.8 Å². The number of H-pyrrole nitrogens is 2. The van der Waals surface area contributed by atoms with Gasteiger partial charge in [-0.25, -0.2) is 0 Å². The van der Waals surface area contributed by atoms with E-state index in [1.807, 2.05) is 30.7 Å². The van der Waals surface area contributed by atoms with E-state index in [4.69, 9.17) is 0 Å². The Kier molecular flexibility index (Phi) is 3.60. The Morgan fingerprint density at radius 1 is 0.885 bits per heavy atom. The third-order valence-corrected chi connectivity index (χ3v) is 4.79. The first-order chi connectivity index (χ1) is 12.9. The Balaban J connectivity index is 1.53. The molecule has 0 radical (unpaired) electrons. The van der Waals surface area contributed by atoms with Crippen LogP contribution < -0.4 is 10.2 Å². The van der Waals surface area contributed by atoms with E-state index < -0.39 is 0 Å². The Bertz CT molecular complexity index is 1010. The molecule has 0 atom stereocenters. The van der Waals surface area contributed by atoms with Gasteiger partial charge in [0.15, 0.2) is 5.82 Å². The second kappa shape index (κ2) is 6.23. The number of nitrogens with zero attached hydrogens (tertiary/aromatic N) is 5. The minimum absolute atomic E-state index is 0.830. The quantitative estimate of drug-likeness (QED) is 0.523. The summed E-state index contributed by atoms with van der Waals surface area (Å²) >= 11 is 0. The molecular weight excluding hydrogens is 328 g/mol. The first-order valence-electron chi connectivity index (χ1n) is 8.65. The van der Waals surface area contributed by atoms with Crippen molar-refractivity contribution < 1.29 is 0 Å².